The smallest absolute Gasteiger partial charge is 0.237 e. The van der Waals surface area contributed by atoms with Crippen molar-refractivity contribution in [3.05, 3.63) is 24.2 Å². The van der Waals surface area contributed by atoms with Gasteiger partial charge in [-0.1, -0.05) is 13.3 Å². The van der Waals surface area contributed by atoms with Crippen molar-refractivity contribution in [3.8, 4) is 0 Å². The molecule has 0 saturated carbocycles. The largest absolute Gasteiger partial charge is 0.467 e. The first-order valence-electron chi connectivity index (χ1n) is 5.24. The number of carbonyl (C=O) groups excluding carboxylic acids is 1. The van der Waals surface area contributed by atoms with E-state index in [2.05, 4.69) is 5.32 Å². The van der Waals surface area contributed by atoms with Gasteiger partial charge >= 0.3 is 0 Å². The Morgan fingerprint density at radius 1 is 1.67 bits per heavy atom. The van der Waals surface area contributed by atoms with Crippen LogP contribution in [0.25, 0.3) is 0 Å². The Labute approximate surface area is 89.8 Å². The maximum Gasteiger partial charge on any atom is 0.237 e. The van der Waals surface area contributed by atoms with Gasteiger partial charge in [-0.05, 0) is 25.5 Å². The predicted molar refractivity (Wildman–Crippen MR) is 58.1 cm³/mol. The summed E-state index contributed by atoms with van der Waals surface area (Å²) in [6.45, 7) is 3.87. The fourth-order valence-electron chi connectivity index (χ4n) is 1.37. The number of nitrogens with one attached hydrogen (secondary N) is 1. The van der Waals surface area contributed by atoms with Gasteiger partial charge in [-0.2, -0.15) is 0 Å². The second-order valence-electron chi connectivity index (χ2n) is 3.64. The van der Waals surface area contributed by atoms with Gasteiger partial charge in [0, 0.05) is 0 Å². The SMILES string of the molecule is CCC[C@@H](N)C(=O)N[C@H](C)c1ccco1. The van der Waals surface area contributed by atoms with E-state index in [0.717, 1.165) is 12.2 Å². The molecule has 4 nitrogen and oxygen atoms in total. The number of hydrogen-bond acceptors (Lipinski definition) is 3. The quantitative estimate of drug-likeness (QED) is 0.775. The van der Waals surface area contributed by atoms with Crippen LogP contribution in [0.3, 0.4) is 0 Å². The summed E-state index contributed by atoms with van der Waals surface area (Å²) in [6.07, 6.45) is 3.20. The molecule has 4 heteroatoms. The number of nitrogens with two attached hydrogens (primary N) is 1. The van der Waals surface area contributed by atoms with Crippen LogP contribution in [0.2, 0.25) is 0 Å². The summed E-state index contributed by atoms with van der Waals surface area (Å²) in [5.74, 6) is 0.618. The zero-order valence-electron chi connectivity index (χ0n) is 9.19. The molecule has 0 saturated heterocycles. The highest BCUT2D eigenvalue weighted by molar-refractivity contribution is 5.81. The number of furan rings is 1. The van der Waals surface area contributed by atoms with Crippen molar-refractivity contribution in [1.82, 2.24) is 5.32 Å². The minimum absolute atomic E-state index is 0.124. The molecule has 2 atom stereocenters. The van der Waals surface area contributed by atoms with Crippen LogP contribution in [0.15, 0.2) is 22.8 Å². The van der Waals surface area contributed by atoms with Gasteiger partial charge in [0.15, 0.2) is 0 Å². The van der Waals surface area contributed by atoms with Gasteiger partial charge in [-0.3, -0.25) is 4.79 Å². The Morgan fingerprint density at radius 2 is 2.40 bits per heavy atom. The molecule has 1 rings (SSSR count). The highest BCUT2D eigenvalue weighted by Crippen LogP contribution is 2.12. The summed E-state index contributed by atoms with van der Waals surface area (Å²) < 4.78 is 5.18. The Morgan fingerprint density at radius 3 is 2.93 bits per heavy atom. The van der Waals surface area contributed by atoms with Crippen molar-refractivity contribution in [2.24, 2.45) is 5.73 Å². The highest BCUT2D eigenvalue weighted by Gasteiger charge is 2.16. The van der Waals surface area contributed by atoms with Crippen LogP contribution in [0, 0.1) is 0 Å². The fourth-order valence-corrected chi connectivity index (χ4v) is 1.37. The first-order chi connectivity index (χ1) is 7.15. The summed E-state index contributed by atoms with van der Waals surface area (Å²) in [5, 5.41) is 2.81. The molecule has 1 heterocycles. The summed E-state index contributed by atoms with van der Waals surface area (Å²) >= 11 is 0. The van der Waals surface area contributed by atoms with E-state index in [4.69, 9.17) is 10.2 Å². The van der Waals surface area contributed by atoms with E-state index >= 15 is 0 Å². The highest BCUT2D eigenvalue weighted by atomic mass is 16.3. The first kappa shape index (κ1) is 11.8. The van der Waals surface area contributed by atoms with E-state index in [0.29, 0.717) is 6.42 Å². The minimum atomic E-state index is -0.424. The van der Waals surface area contributed by atoms with Gasteiger partial charge in [0.25, 0.3) is 0 Å². The lowest BCUT2D eigenvalue weighted by atomic mass is 10.1. The Bertz CT molecular complexity index is 296. The van der Waals surface area contributed by atoms with Gasteiger partial charge in [0.2, 0.25) is 5.91 Å². The van der Waals surface area contributed by atoms with Crippen LogP contribution in [0.1, 0.15) is 38.5 Å². The topological polar surface area (TPSA) is 68.3 Å². The van der Waals surface area contributed by atoms with E-state index in [1.54, 1.807) is 12.3 Å². The van der Waals surface area contributed by atoms with E-state index in [9.17, 15) is 4.79 Å². The number of hydrogen-bond donors (Lipinski definition) is 2. The number of amides is 1. The van der Waals surface area contributed by atoms with Crippen LogP contribution in [0.5, 0.6) is 0 Å². The third-order valence-corrected chi connectivity index (χ3v) is 2.27. The molecule has 1 aromatic rings. The monoisotopic (exact) mass is 210 g/mol. The molecule has 84 valence electrons. The van der Waals surface area contributed by atoms with Crippen molar-refractivity contribution >= 4 is 5.91 Å². The van der Waals surface area contributed by atoms with E-state index in [1.807, 2.05) is 19.9 Å². The van der Waals surface area contributed by atoms with Crippen molar-refractivity contribution in [1.29, 1.82) is 0 Å². The molecule has 0 spiro atoms. The standard InChI is InChI=1S/C11H18N2O2/c1-3-5-9(12)11(14)13-8(2)10-6-4-7-15-10/h4,6-9H,3,5,12H2,1-2H3,(H,13,14)/t8-,9-/m1/s1. The van der Waals surface area contributed by atoms with Gasteiger partial charge in [0.05, 0.1) is 18.3 Å². The molecule has 0 aliphatic heterocycles. The van der Waals surface area contributed by atoms with Gasteiger partial charge < -0.3 is 15.5 Å². The first-order valence-corrected chi connectivity index (χ1v) is 5.24. The molecule has 0 aromatic carbocycles. The zero-order valence-corrected chi connectivity index (χ0v) is 9.19. The molecule has 0 fully saturated rings. The maximum atomic E-state index is 11.6. The molecule has 0 bridgehead atoms. The Hall–Kier alpha value is -1.29. The van der Waals surface area contributed by atoms with Gasteiger partial charge in [-0.15, -0.1) is 0 Å². The van der Waals surface area contributed by atoms with E-state index < -0.39 is 6.04 Å². The van der Waals surface area contributed by atoms with Crippen LogP contribution in [-0.4, -0.2) is 11.9 Å². The third-order valence-electron chi connectivity index (χ3n) is 2.27. The third kappa shape index (κ3) is 3.40. The Kier molecular flexibility index (Phi) is 4.37. The van der Waals surface area contributed by atoms with Gasteiger partial charge in [0.1, 0.15) is 5.76 Å². The molecule has 1 aromatic heterocycles. The zero-order chi connectivity index (χ0) is 11.3. The summed E-state index contributed by atoms with van der Waals surface area (Å²) in [5.41, 5.74) is 5.69. The summed E-state index contributed by atoms with van der Waals surface area (Å²) in [6, 6.07) is 3.07. The van der Waals surface area contributed by atoms with E-state index in [1.165, 1.54) is 0 Å². The molecule has 0 aliphatic carbocycles. The van der Waals surface area contributed by atoms with Crippen LogP contribution >= 0.6 is 0 Å². The normalized spacial score (nSPS) is 14.6. The lowest BCUT2D eigenvalue weighted by Crippen LogP contribution is -2.41. The second-order valence-corrected chi connectivity index (χ2v) is 3.64. The maximum absolute atomic E-state index is 11.6. The average molecular weight is 210 g/mol. The van der Waals surface area contributed by atoms with E-state index in [-0.39, 0.29) is 11.9 Å². The second kappa shape index (κ2) is 5.56. The number of carbonyl (C=O) groups is 1. The number of rotatable bonds is 5. The van der Waals surface area contributed by atoms with Crippen LogP contribution < -0.4 is 11.1 Å². The Balaban J connectivity index is 2.44. The lowest BCUT2D eigenvalue weighted by molar-refractivity contribution is -0.123. The predicted octanol–water partition coefficient (Wildman–Crippen LogP) is 1.58. The summed E-state index contributed by atoms with van der Waals surface area (Å²) in [7, 11) is 0. The summed E-state index contributed by atoms with van der Waals surface area (Å²) in [4.78, 5) is 11.6. The van der Waals surface area contributed by atoms with Gasteiger partial charge in [-0.25, -0.2) is 0 Å². The van der Waals surface area contributed by atoms with Crippen molar-refractivity contribution < 1.29 is 9.21 Å². The molecule has 15 heavy (non-hydrogen) atoms. The lowest BCUT2D eigenvalue weighted by Gasteiger charge is -2.15. The van der Waals surface area contributed by atoms with Crippen molar-refractivity contribution in [3.63, 3.8) is 0 Å². The molecule has 0 radical (unpaired) electrons. The molecular formula is C11H18N2O2. The molecule has 0 aliphatic rings. The van der Waals surface area contributed by atoms with Crippen LogP contribution in [0.4, 0.5) is 0 Å². The minimum Gasteiger partial charge on any atom is -0.467 e. The molecule has 0 unspecified atom stereocenters. The average Bonchev–Trinajstić information content (AvgIpc) is 2.70. The van der Waals surface area contributed by atoms with Crippen molar-refractivity contribution in [2.45, 2.75) is 38.8 Å². The fraction of sp³-hybridized carbons (Fsp3) is 0.545. The molecule has 3 N–H and O–H groups in total. The van der Waals surface area contributed by atoms with Crippen LogP contribution in [-0.2, 0) is 4.79 Å². The molecular weight excluding hydrogens is 192 g/mol. The molecule has 1 amide bonds. The van der Waals surface area contributed by atoms with Crippen molar-refractivity contribution in [2.75, 3.05) is 0 Å².